The molecule has 1 aliphatic rings. The Morgan fingerprint density at radius 2 is 1.70 bits per heavy atom. The van der Waals surface area contributed by atoms with Crippen molar-refractivity contribution in [1.82, 2.24) is 5.32 Å². The molecule has 0 aromatic heterocycles. The van der Waals surface area contributed by atoms with Gasteiger partial charge in [-0.2, -0.15) is 0 Å². The van der Waals surface area contributed by atoms with Crippen LogP contribution >= 0.6 is 23.4 Å². The molecule has 2 N–H and O–H groups in total. The van der Waals surface area contributed by atoms with E-state index in [0.29, 0.717) is 10.7 Å². The second-order valence-electron chi connectivity index (χ2n) is 6.76. The highest BCUT2D eigenvalue weighted by molar-refractivity contribution is 7.99. The van der Waals surface area contributed by atoms with E-state index in [1.807, 2.05) is 66.7 Å². The van der Waals surface area contributed by atoms with Crippen molar-refractivity contribution in [2.45, 2.75) is 22.8 Å². The molecule has 0 saturated carbocycles. The molecule has 3 aromatic rings. The molecule has 1 aliphatic heterocycles. The van der Waals surface area contributed by atoms with Gasteiger partial charge in [-0.3, -0.25) is 4.79 Å². The summed E-state index contributed by atoms with van der Waals surface area (Å²) in [6.45, 7) is 0.125. The Labute approximate surface area is 183 Å². The lowest BCUT2D eigenvalue weighted by atomic mass is 10.0. The Hall–Kier alpha value is -2.96. The van der Waals surface area contributed by atoms with Crippen LogP contribution in [0.1, 0.15) is 16.4 Å². The van der Waals surface area contributed by atoms with Gasteiger partial charge in [0.2, 0.25) is 5.91 Å². The van der Waals surface area contributed by atoms with Crippen LogP contribution in [0.3, 0.4) is 0 Å². The first-order valence-electron chi connectivity index (χ1n) is 9.39. The van der Waals surface area contributed by atoms with Gasteiger partial charge in [-0.05, 0) is 35.4 Å². The Balaban J connectivity index is 1.57. The van der Waals surface area contributed by atoms with Crippen LogP contribution < -0.4 is 10.6 Å². The van der Waals surface area contributed by atoms with Crippen molar-refractivity contribution in [3.05, 3.63) is 95.0 Å². The maximum absolute atomic E-state index is 13.0. The number of thioether (sulfide) groups is 1. The monoisotopic (exact) mass is 438 g/mol. The SMILES string of the molecule is O=C(NC1C(=O)Nc2ccccc2SC1c1ccc(Cl)cc1)OCc1ccccc1. The molecule has 2 atom stereocenters. The highest BCUT2D eigenvalue weighted by Gasteiger charge is 2.35. The number of carbonyl (C=O) groups is 2. The second-order valence-corrected chi connectivity index (χ2v) is 8.38. The van der Waals surface area contributed by atoms with Gasteiger partial charge in [-0.15, -0.1) is 11.8 Å². The number of fused-ring (bicyclic) bond motifs is 1. The van der Waals surface area contributed by atoms with Gasteiger partial charge in [0, 0.05) is 9.92 Å². The zero-order valence-electron chi connectivity index (χ0n) is 15.9. The number of anilines is 1. The van der Waals surface area contributed by atoms with Crippen LogP contribution in [0.2, 0.25) is 5.02 Å². The lowest BCUT2D eigenvalue weighted by Gasteiger charge is -2.24. The topological polar surface area (TPSA) is 67.4 Å². The van der Waals surface area contributed by atoms with Crippen LogP contribution in [0.15, 0.2) is 83.8 Å². The summed E-state index contributed by atoms with van der Waals surface area (Å²) in [7, 11) is 0. The van der Waals surface area contributed by atoms with Crippen molar-refractivity contribution in [2.24, 2.45) is 0 Å². The van der Waals surface area contributed by atoms with Gasteiger partial charge in [-0.1, -0.05) is 66.2 Å². The third-order valence-corrected chi connectivity index (χ3v) is 6.33. The molecule has 0 spiro atoms. The van der Waals surface area contributed by atoms with Crippen molar-refractivity contribution >= 4 is 41.1 Å². The molecule has 0 bridgehead atoms. The largest absolute Gasteiger partial charge is 0.445 e. The maximum Gasteiger partial charge on any atom is 0.408 e. The summed E-state index contributed by atoms with van der Waals surface area (Å²) < 4.78 is 5.34. The Kier molecular flexibility index (Phi) is 6.26. The van der Waals surface area contributed by atoms with Gasteiger partial charge >= 0.3 is 6.09 Å². The maximum atomic E-state index is 13.0. The number of nitrogens with one attached hydrogen (secondary N) is 2. The van der Waals surface area contributed by atoms with Crippen LogP contribution in [-0.4, -0.2) is 18.0 Å². The molecule has 5 nitrogen and oxygen atoms in total. The molecule has 4 rings (SSSR count). The molecule has 0 saturated heterocycles. The molecule has 3 aromatic carbocycles. The molecule has 1 heterocycles. The first-order valence-corrected chi connectivity index (χ1v) is 10.6. The lowest BCUT2D eigenvalue weighted by molar-refractivity contribution is -0.118. The number of halogens is 1. The molecular weight excluding hydrogens is 420 g/mol. The predicted octanol–water partition coefficient (Wildman–Crippen LogP) is 5.42. The molecule has 7 heteroatoms. The number of alkyl carbamates (subject to hydrolysis) is 1. The van der Waals surface area contributed by atoms with Crippen molar-refractivity contribution in [2.75, 3.05) is 5.32 Å². The third kappa shape index (κ3) is 4.78. The van der Waals surface area contributed by atoms with E-state index in [2.05, 4.69) is 10.6 Å². The van der Waals surface area contributed by atoms with E-state index in [1.165, 1.54) is 11.8 Å². The average molecular weight is 439 g/mol. The summed E-state index contributed by atoms with van der Waals surface area (Å²) >= 11 is 7.55. The number of hydrogen-bond donors (Lipinski definition) is 2. The summed E-state index contributed by atoms with van der Waals surface area (Å²) in [4.78, 5) is 26.4. The average Bonchev–Trinajstić information content (AvgIpc) is 2.90. The predicted molar refractivity (Wildman–Crippen MR) is 119 cm³/mol. The van der Waals surface area contributed by atoms with Crippen LogP contribution in [0.5, 0.6) is 0 Å². The summed E-state index contributed by atoms with van der Waals surface area (Å²) in [5, 5.41) is 5.91. The number of carbonyl (C=O) groups excluding carboxylic acids is 2. The first kappa shape index (κ1) is 20.3. The molecule has 152 valence electrons. The van der Waals surface area contributed by atoms with Crippen molar-refractivity contribution < 1.29 is 14.3 Å². The minimum atomic E-state index is -0.827. The van der Waals surface area contributed by atoms with Gasteiger partial charge in [0.15, 0.2) is 0 Å². The van der Waals surface area contributed by atoms with E-state index in [0.717, 1.165) is 16.0 Å². The Morgan fingerprint density at radius 1 is 1.00 bits per heavy atom. The number of ether oxygens (including phenoxy) is 1. The third-order valence-electron chi connectivity index (χ3n) is 4.67. The van der Waals surface area contributed by atoms with Crippen LogP contribution in [0.4, 0.5) is 10.5 Å². The normalized spacial score (nSPS) is 18.0. The fourth-order valence-electron chi connectivity index (χ4n) is 3.17. The molecule has 0 fully saturated rings. The second kappa shape index (κ2) is 9.24. The minimum Gasteiger partial charge on any atom is -0.445 e. The number of amides is 2. The smallest absolute Gasteiger partial charge is 0.408 e. The van der Waals surface area contributed by atoms with E-state index in [-0.39, 0.29) is 17.8 Å². The number of benzene rings is 3. The fourth-order valence-corrected chi connectivity index (χ4v) is 4.60. The molecule has 2 amide bonds. The Bertz CT molecular complexity index is 1040. The number of para-hydroxylation sites is 1. The van der Waals surface area contributed by atoms with E-state index in [4.69, 9.17) is 16.3 Å². The summed E-state index contributed by atoms with van der Waals surface area (Å²) in [5.74, 6) is -0.302. The van der Waals surface area contributed by atoms with E-state index < -0.39 is 12.1 Å². The number of rotatable bonds is 4. The zero-order valence-corrected chi connectivity index (χ0v) is 17.5. The van der Waals surface area contributed by atoms with Crippen LogP contribution in [-0.2, 0) is 16.1 Å². The molecular formula is C23H19ClN2O3S. The molecule has 0 radical (unpaired) electrons. The first-order chi connectivity index (χ1) is 14.6. The Morgan fingerprint density at radius 3 is 2.47 bits per heavy atom. The number of hydrogen-bond acceptors (Lipinski definition) is 4. The minimum absolute atomic E-state index is 0.125. The van der Waals surface area contributed by atoms with Crippen LogP contribution in [0.25, 0.3) is 0 Å². The van der Waals surface area contributed by atoms with Crippen molar-refractivity contribution in [3.63, 3.8) is 0 Å². The van der Waals surface area contributed by atoms with Gasteiger partial charge in [0.25, 0.3) is 0 Å². The fraction of sp³-hybridized carbons (Fsp3) is 0.130. The standard InChI is InChI=1S/C23H19ClN2O3S/c24-17-12-10-16(11-13-17)21-20(22(27)25-18-8-4-5-9-19(18)30-21)26-23(28)29-14-15-6-2-1-3-7-15/h1-13,20-21H,14H2,(H,25,27)(H,26,28). The lowest BCUT2D eigenvalue weighted by Crippen LogP contribution is -2.46. The van der Waals surface area contributed by atoms with E-state index >= 15 is 0 Å². The molecule has 30 heavy (non-hydrogen) atoms. The summed E-state index contributed by atoms with van der Waals surface area (Å²) in [6.07, 6.45) is -0.649. The van der Waals surface area contributed by atoms with E-state index in [1.54, 1.807) is 12.1 Å². The van der Waals surface area contributed by atoms with Gasteiger partial charge in [0.05, 0.1) is 10.9 Å². The van der Waals surface area contributed by atoms with Crippen molar-refractivity contribution in [1.29, 1.82) is 0 Å². The van der Waals surface area contributed by atoms with Crippen LogP contribution in [0, 0.1) is 0 Å². The highest BCUT2D eigenvalue weighted by Crippen LogP contribution is 2.43. The van der Waals surface area contributed by atoms with Gasteiger partial charge in [0.1, 0.15) is 12.6 Å². The quantitative estimate of drug-likeness (QED) is 0.570. The van der Waals surface area contributed by atoms with Gasteiger partial charge < -0.3 is 15.4 Å². The van der Waals surface area contributed by atoms with E-state index in [9.17, 15) is 9.59 Å². The summed E-state index contributed by atoms with van der Waals surface area (Å²) in [6, 6.07) is 23.4. The van der Waals surface area contributed by atoms with Gasteiger partial charge in [-0.25, -0.2) is 4.79 Å². The zero-order chi connectivity index (χ0) is 20.9. The molecule has 2 unspecified atom stereocenters. The van der Waals surface area contributed by atoms with Crippen molar-refractivity contribution in [3.8, 4) is 0 Å². The highest BCUT2D eigenvalue weighted by atomic mass is 35.5. The molecule has 0 aliphatic carbocycles. The summed E-state index contributed by atoms with van der Waals surface area (Å²) in [5.41, 5.74) is 2.46.